The predicted molar refractivity (Wildman–Crippen MR) is 108 cm³/mol. The summed E-state index contributed by atoms with van der Waals surface area (Å²) in [6.45, 7) is 1.37. The summed E-state index contributed by atoms with van der Waals surface area (Å²) in [5.74, 6) is -0.453. The molecule has 0 atom stereocenters. The zero-order valence-electron chi connectivity index (χ0n) is 15.9. The van der Waals surface area contributed by atoms with E-state index >= 15 is 0 Å². The Bertz CT molecular complexity index is 1040. The lowest BCUT2D eigenvalue weighted by molar-refractivity contribution is -0.128. The van der Waals surface area contributed by atoms with Crippen molar-refractivity contribution in [2.75, 3.05) is 13.1 Å². The number of amides is 2. The van der Waals surface area contributed by atoms with Crippen molar-refractivity contribution < 1.29 is 14.0 Å². The van der Waals surface area contributed by atoms with Crippen molar-refractivity contribution >= 4 is 22.7 Å². The molecule has 2 amide bonds. The third kappa shape index (κ3) is 4.13. The molecular weight excluding hydrogens is 371 g/mol. The first-order valence-corrected chi connectivity index (χ1v) is 9.65. The zero-order valence-corrected chi connectivity index (χ0v) is 15.9. The Hall–Kier alpha value is -3.22. The maximum absolute atomic E-state index is 13.1. The van der Waals surface area contributed by atoms with E-state index in [1.54, 1.807) is 6.42 Å². The van der Waals surface area contributed by atoms with E-state index in [9.17, 15) is 14.0 Å². The third-order valence-electron chi connectivity index (χ3n) is 5.52. The number of hydrogen-bond donors (Lipinski definition) is 2. The molecule has 0 spiro atoms. The molecule has 4 rings (SSSR count). The van der Waals surface area contributed by atoms with E-state index in [1.165, 1.54) is 12.1 Å². The van der Waals surface area contributed by atoms with Gasteiger partial charge in [0.15, 0.2) is 5.69 Å². The molecule has 3 N–H and O–H groups in total. The van der Waals surface area contributed by atoms with Gasteiger partial charge in [0, 0.05) is 18.5 Å². The van der Waals surface area contributed by atoms with Gasteiger partial charge in [-0.1, -0.05) is 18.2 Å². The minimum atomic E-state index is -0.586. The number of H-pyrrole nitrogens is 1. The number of primary amides is 1. The second kappa shape index (κ2) is 8.03. The molecule has 149 valence electrons. The molecular formula is C22H22FN4O2. The molecule has 1 aliphatic rings. The van der Waals surface area contributed by atoms with Gasteiger partial charge < -0.3 is 10.6 Å². The average Bonchev–Trinajstić information content (AvgIpc) is 3.16. The average molecular weight is 393 g/mol. The fourth-order valence-electron chi connectivity index (χ4n) is 3.88. The second-order valence-electron chi connectivity index (χ2n) is 7.38. The van der Waals surface area contributed by atoms with Gasteiger partial charge in [0.2, 0.25) is 5.91 Å². The number of aromatic nitrogens is 2. The number of benzene rings is 2. The van der Waals surface area contributed by atoms with Gasteiger partial charge >= 0.3 is 0 Å². The first-order valence-electron chi connectivity index (χ1n) is 9.65. The number of carbonyl (C=O) groups excluding carboxylic acids is 2. The molecule has 2 aromatic carbocycles. The van der Waals surface area contributed by atoms with Gasteiger partial charge in [-0.25, -0.2) is 4.39 Å². The smallest absolute Gasteiger partial charge is 0.269 e. The number of fused-ring (bicyclic) bond motifs is 1. The van der Waals surface area contributed by atoms with Crippen molar-refractivity contribution in [3.8, 4) is 0 Å². The van der Waals surface area contributed by atoms with E-state index in [0.717, 1.165) is 29.5 Å². The SMILES string of the molecule is NC(=O)c1n[nH]c2ccc(C[CH]C(=O)N3CCC(c4ccc(F)cc4)CC3)cc12. The fraction of sp³-hybridized carbons (Fsp3) is 0.273. The maximum atomic E-state index is 13.1. The minimum Gasteiger partial charge on any atom is -0.364 e. The zero-order chi connectivity index (χ0) is 20.4. The maximum Gasteiger partial charge on any atom is 0.269 e. The molecule has 6 nitrogen and oxygen atoms in total. The Kier molecular flexibility index (Phi) is 5.29. The molecule has 2 heterocycles. The van der Waals surface area contributed by atoms with Gasteiger partial charge in [0.05, 0.1) is 11.9 Å². The highest BCUT2D eigenvalue weighted by Crippen LogP contribution is 2.28. The largest absolute Gasteiger partial charge is 0.364 e. The number of halogens is 1. The first-order chi connectivity index (χ1) is 14.0. The van der Waals surface area contributed by atoms with Gasteiger partial charge in [-0.3, -0.25) is 14.7 Å². The van der Waals surface area contributed by atoms with E-state index in [-0.39, 0.29) is 17.4 Å². The molecule has 0 aliphatic carbocycles. The molecule has 1 radical (unpaired) electrons. The van der Waals surface area contributed by atoms with Crippen LogP contribution in [-0.4, -0.2) is 40.0 Å². The Morgan fingerprint density at radius 2 is 1.90 bits per heavy atom. The van der Waals surface area contributed by atoms with Crippen LogP contribution in [0.4, 0.5) is 4.39 Å². The summed E-state index contributed by atoms with van der Waals surface area (Å²) in [6, 6.07) is 12.2. The van der Waals surface area contributed by atoms with E-state index in [0.29, 0.717) is 30.8 Å². The van der Waals surface area contributed by atoms with Gasteiger partial charge in [-0.2, -0.15) is 5.10 Å². The number of rotatable bonds is 5. The van der Waals surface area contributed by atoms with Crippen LogP contribution in [0.3, 0.4) is 0 Å². The molecule has 1 aromatic heterocycles. The molecule has 0 unspecified atom stereocenters. The van der Waals surface area contributed by atoms with Gasteiger partial charge in [0.25, 0.3) is 5.91 Å². The number of aromatic amines is 1. The summed E-state index contributed by atoms with van der Waals surface area (Å²) in [6.07, 6.45) is 3.88. The number of nitrogens with zero attached hydrogens (tertiary/aromatic N) is 2. The van der Waals surface area contributed by atoms with Crippen LogP contribution in [0.25, 0.3) is 10.9 Å². The van der Waals surface area contributed by atoms with Crippen molar-refractivity contribution in [1.29, 1.82) is 0 Å². The number of carbonyl (C=O) groups is 2. The highest BCUT2D eigenvalue weighted by atomic mass is 19.1. The quantitative estimate of drug-likeness (QED) is 0.698. The Morgan fingerprint density at radius 3 is 2.59 bits per heavy atom. The molecule has 29 heavy (non-hydrogen) atoms. The fourth-order valence-corrected chi connectivity index (χ4v) is 3.88. The highest BCUT2D eigenvalue weighted by Gasteiger charge is 2.24. The Balaban J connectivity index is 1.33. The summed E-state index contributed by atoms with van der Waals surface area (Å²) < 4.78 is 13.1. The van der Waals surface area contributed by atoms with Gasteiger partial charge in [-0.05, 0) is 60.6 Å². The van der Waals surface area contributed by atoms with E-state index in [2.05, 4.69) is 10.2 Å². The van der Waals surface area contributed by atoms with E-state index < -0.39 is 5.91 Å². The Morgan fingerprint density at radius 1 is 1.17 bits per heavy atom. The van der Waals surface area contributed by atoms with Crippen molar-refractivity contribution in [1.82, 2.24) is 15.1 Å². The van der Waals surface area contributed by atoms with Crippen LogP contribution in [0.1, 0.15) is 40.4 Å². The highest BCUT2D eigenvalue weighted by molar-refractivity contribution is 6.04. The van der Waals surface area contributed by atoms with E-state index in [4.69, 9.17) is 5.73 Å². The van der Waals surface area contributed by atoms with Crippen LogP contribution < -0.4 is 5.73 Å². The second-order valence-corrected chi connectivity index (χ2v) is 7.38. The number of piperidine rings is 1. The van der Waals surface area contributed by atoms with Crippen LogP contribution >= 0.6 is 0 Å². The van der Waals surface area contributed by atoms with Crippen molar-refractivity contribution in [2.45, 2.75) is 25.2 Å². The monoisotopic (exact) mass is 393 g/mol. The lowest BCUT2D eigenvalue weighted by Gasteiger charge is -2.32. The van der Waals surface area contributed by atoms with Crippen molar-refractivity contribution in [2.24, 2.45) is 5.73 Å². The molecule has 3 aromatic rings. The molecule has 7 heteroatoms. The topological polar surface area (TPSA) is 92.1 Å². The summed E-state index contributed by atoms with van der Waals surface area (Å²) in [5.41, 5.74) is 8.32. The molecule has 0 saturated carbocycles. The predicted octanol–water partition coefficient (Wildman–Crippen LogP) is 2.95. The van der Waals surface area contributed by atoms with Crippen LogP contribution in [0.15, 0.2) is 42.5 Å². The number of nitrogens with two attached hydrogens (primary N) is 1. The molecule has 0 bridgehead atoms. The van der Waals surface area contributed by atoms with Crippen LogP contribution in [0, 0.1) is 12.2 Å². The minimum absolute atomic E-state index is 0.00460. The Labute approximate surface area is 167 Å². The van der Waals surface area contributed by atoms with Crippen LogP contribution in [0.2, 0.25) is 0 Å². The first kappa shape index (κ1) is 19.1. The van der Waals surface area contributed by atoms with Crippen LogP contribution in [-0.2, 0) is 11.2 Å². The normalized spacial score (nSPS) is 15.0. The molecule has 1 saturated heterocycles. The molecule has 1 aliphatic heterocycles. The summed E-state index contributed by atoms with van der Waals surface area (Å²) in [7, 11) is 0. The van der Waals surface area contributed by atoms with E-state index in [1.807, 2.05) is 35.2 Å². The van der Waals surface area contributed by atoms with Gasteiger partial charge in [-0.15, -0.1) is 0 Å². The van der Waals surface area contributed by atoms with Crippen LogP contribution in [0.5, 0.6) is 0 Å². The summed E-state index contributed by atoms with van der Waals surface area (Å²) >= 11 is 0. The number of nitrogens with one attached hydrogen (secondary N) is 1. The number of hydrogen-bond acceptors (Lipinski definition) is 3. The lowest BCUT2D eigenvalue weighted by atomic mass is 9.89. The lowest BCUT2D eigenvalue weighted by Crippen LogP contribution is -2.38. The standard InChI is InChI=1S/C22H22FN4O2/c23-17-5-3-15(4-6-17)16-9-11-27(12-10-16)20(28)8-2-14-1-7-19-18(13-14)21(22(24)29)26-25-19/h1,3-8,13,16H,2,9-12H2,(H2,24,29)(H,25,26). The van der Waals surface area contributed by atoms with Crippen molar-refractivity contribution in [3.63, 3.8) is 0 Å². The molecule has 1 fully saturated rings. The van der Waals surface area contributed by atoms with Crippen molar-refractivity contribution in [3.05, 3.63) is 71.5 Å². The summed E-state index contributed by atoms with van der Waals surface area (Å²) in [5, 5.41) is 7.38. The van der Waals surface area contributed by atoms with Gasteiger partial charge in [0.1, 0.15) is 5.82 Å². The summed E-state index contributed by atoms with van der Waals surface area (Å²) in [4.78, 5) is 25.9. The number of likely N-dealkylation sites (tertiary alicyclic amines) is 1. The third-order valence-corrected chi connectivity index (χ3v) is 5.52.